The van der Waals surface area contributed by atoms with E-state index >= 15 is 0 Å². The Bertz CT molecular complexity index is 698. The molecule has 1 aromatic heterocycles. The third kappa shape index (κ3) is 5.88. The van der Waals surface area contributed by atoms with Crippen molar-refractivity contribution in [2.24, 2.45) is 0 Å². The van der Waals surface area contributed by atoms with Crippen molar-refractivity contribution >= 4 is 40.9 Å². The maximum atomic E-state index is 11.8. The fourth-order valence-electron chi connectivity index (χ4n) is 1.86. The van der Waals surface area contributed by atoms with Gasteiger partial charge in [-0.2, -0.15) is 11.3 Å². The van der Waals surface area contributed by atoms with E-state index < -0.39 is 5.97 Å². The number of esters is 1. The van der Waals surface area contributed by atoms with E-state index in [-0.39, 0.29) is 18.6 Å². The van der Waals surface area contributed by atoms with Crippen LogP contribution >= 0.6 is 22.9 Å². The number of rotatable bonds is 6. The zero-order valence-electron chi connectivity index (χ0n) is 12.5. The number of carbonyl (C=O) groups excluding carboxylic acids is 2. The van der Waals surface area contributed by atoms with E-state index in [9.17, 15) is 9.59 Å². The highest BCUT2D eigenvalue weighted by atomic mass is 35.5. The van der Waals surface area contributed by atoms with Gasteiger partial charge in [-0.1, -0.05) is 23.7 Å². The normalized spacial score (nSPS) is 12.1. The van der Waals surface area contributed by atoms with Crippen molar-refractivity contribution in [3.05, 3.63) is 63.3 Å². The molecule has 0 radical (unpaired) electrons. The van der Waals surface area contributed by atoms with Crippen LogP contribution in [0.1, 0.15) is 24.1 Å². The van der Waals surface area contributed by atoms with Crippen molar-refractivity contribution in [1.29, 1.82) is 0 Å². The van der Waals surface area contributed by atoms with Gasteiger partial charge in [-0.25, -0.2) is 4.79 Å². The molecule has 120 valence electrons. The van der Waals surface area contributed by atoms with Gasteiger partial charge in [0.25, 0.3) is 5.91 Å². The Morgan fingerprint density at radius 1 is 1.39 bits per heavy atom. The van der Waals surface area contributed by atoms with Gasteiger partial charge in [0.1, 0.15) is 0 Å². The second-order valence-electron chi connectivity index (χ2n) is 4.84. The number of hydrogen-bond acceptors (Lipinski definition) is 4. The Labute approximate surface area is 143 Å². The molecular weight excluding hydrogens is 334 g/mol. The third-order valence-corrected chi connectivity index (χ3v) is 3.96. The van der Waals surface area contributed by atoms with Crippen LogP contribution < -0.4 is 5.32 Å². The minimum atomic E-state index is -0.554. The Morgan fingerprint density at radius 3 is 2.91 bits per heavy atom. The van der Waals surface area contributed by atoms with E-state index in [2.05, 4.69) is 5.32 Å². The maximum absolute atomic E-state index is 11.8. The standard InChI is InChI=1S/C17H16ClNO3S/c1-12(14-3-2-4-15(18)9-14)19-16(20)10-22-17(21)6-5-13-7-8-23-11-13/h2-9,11-12H,10H2,1H3,(H,19,20)/b6-5+/t12-/m1/s1. The summed E-state index contributed by atoms with van der Waals surface area (Å²) in [6.45, 7) is 1.51. The van der Waals surface area contributed by atoms with Crippen LogP contribution in [0.4, 0.5) is 0 Å². The molecule has 1 amide bonds. The van der Waals surface area contributed by atoms with Crippen molar-refractivity contribution in [1.82, 2.24) is 5.32 Å². The average molecular weight is 350 g/mol. The number of halogens is 1. The molecule has 0 saturated carbocycles. The Hall–Kier alpha value is -2.11. The molecule has 2 aromatic rings. The molecular formula is C17H16ClNO3S. The van der Waals surface area contributed by atoms with Gasteiger partial charge in [-0.3, -0.25) is 4.79 Å². The van der Waals surface area contributed by atoms with Crippen molar-refractivity contribution in [3.63, 3.8) is 0 Å². The summed E-state index contributed by atoms with van der Waals surface area (Å²) in [5.74, 6) is -0.920. The highest BCUT2D eigenvalue weighted by Gasteiger charge is 2.11. The summed E-state index contributed by atoms with van der Waals surface area (Å²) < 4.78 is 4.90. The zero-order valence-corrected chi connectivity index (χ0v) is 14.1. The molecule has 0 bridgehead atoms. The van der Waals surface area contributed by atoms with Crippen molar-refractivity contribution in [2.45, 2.75) is 13.0 Å². The summed E-state index contributed by atoms with van der Waals surface area (Å²) in [6, 6.07) is 8.89. The van der Waals surface area contributed by atoms with Crippen LogP contribution in [0.5, 0.6) is 0 Å². The van der Waals surface area contributed by atoms with E-state index in [4.69, 9.17) is 16.3 Å². The number of nitrogens with one attached hydrogen (secondary N) is 1. The molecule has 23 heavy (non-hydrogen) atoms. The molecule has 0 saturated heterocycles. The minimum absolute atomic E-state index is 0.221. The highest BCUT2D eigenvalue weighted by Crippen LogP contribution is 2.17. The lowest BCUT2D eigenvalue weighted by Gasteiger charge is -2.14. The smallest absolute Gasteiger partial charge is 0.331 e. The van der Waals surface area contributed by atoms with Crippen molar-refractivity contribution < 1.29 is 14.3 Å². The molecule has 0 fully saturated rings. The van der Waals surface area contributed by atoms with Gasteiger partial charge in [-0.15, -0.1) is 0 Å². The lowest BCUT2D eigenvalue weighted by Crippen LogP contribution is -2.30. The van der Waals surface area contributed by atoms with Crippen LogP contribution in [0.25, 0.3) is 6.08 Å². The molecule has 2 rings (SSSR count). The first-order chi connectivity index (χ1) is 11.0. The van der Waals surface area contributed by atoms with Crippen LogP contribution in [-0.2, 0) is 14.3 Å². The molecule has 0 unspecified atom stereocenters. The van der Waals surface area contributed by atoms with E-state index in [1.165, 1.54) is 17.4 Å². The molecule has 4 nitrogen and oxygen atoms in total. The van der Waals surface area contributed by atoms with Crippen LogP contribution in [0.2, 0.25) is 5.02 Å². The summed E-state index contributed by atoms with van der Waals surface area (Å²) in [6.07, 6.45) is 2.95. The first-order valence-corrected chi connectivity index (χ1v) is 8.28. The largest absolute Gasteiger partial charge is 0.452 e. The van der Waals surface area contributed by atoms with Gasteiger partial charge < -0.3 is 10.1 Å². The average Bonchev–Trinajstić information content (AvgIpc) is 3.04. The van der Waals surface area contributed by atoms with Crippen molar-refractivity contribution in [3.8, 4) is 0 Å². The summed E-state index contributed by atoms with van der Waals surface area (Å²) >= 11 is 7.45. The number of thiophene rings is 1. The Morgan fingerprint density at radius 2 is 2.22 bits per heavy atom. The molecule has 0 aliphatic heterocycles. The highest BCUT2D eigenvalue weighted by molar-refractivity contribution is 7.08. The van der Waals surface area contributed by atoms with E-state index in [1.54, 1.807) is 18.2 Å². The van der Waals surface area contributed by atoms with Crippen LogP contribution in [0.3, 0.4) is 0 Å². The molecule has 1 heterocycles. The molecule has 0 aliphatic carbocycles. The summed E-state index contributed by atoms with van der Waals surface area (Å²) in [7, 11) is 0. The van der Waals surface area contributed by atoms with Crippen LogP contribution in [0, 0.1) is 0 Å². The summed E-state index contributed by atoms with van der Waals surface area (Å²) in [5, 5.41) is 7.17. The lowest BCUT2D eigenvalue weighted by molar-refractivity contribution is -0.144. The zero-order chi connectivity index (χ0) is 16.7. The van der Waals surface area contributed by atoms with Gasteiger partial charge in [0.15, 0.2) is 6.61 Å². The van der Waals surface area contributed by atoms with E-state index in [0.717, 1.165) is 11.1 Å². The SMILES string of the molecule is C[C@@H](NC(=O)COC(=O)/C=C/c1ccsc1)c1cccc(Cl)c1. The number of amides is 1. The van der Waals surface area contributed by atoms with E-state index in [1.807, 2.05) is 35.9 Å². The van der Waals surface area contributed by atoms with Gasteiger partial charge in [0, 0.05) is 11.1 Å². The first kappa shape index (κ1) is 17.2. The Kier molecular flexibility index (Phi) is 6.38. The number of ether oxygens (including phenoxy) is 1. The molecule has 1 N–H and O–H groups in total. The van der Waals surface area contributed by atoms with Gasteiger partial charge in [-0.05, 0) is 53.1 Å². The van der Waals surface area contributed by atoms with Gasteiger partial charge in [0.05, 0.1) is 6.04 Å². The number of carbonyl (C=O) groups is 2. The molecule has 6 heteroatoms. The quantitative estimate of drug-likeness (QED) is 0.637. The van der Waals surface area contributed by atoms with Crippen LogP contribution in [-0.4, -0.2) is 18.5 Å². The molecule has 1 atom stereocenters. The number of hydrogen-bond donors (Lipinski definition) is 1. The second-order valence-corrected chi connectivity index (χ2v) is 6.06. The molecule has 0 spiro atoms. The topological polar surface area (TPSA) is 55.4 Å². The molecule has 1 aromatic carbocycles. The molecule has 0 aliphatic rings. The summed E-state index contributed by atoms with van der Waals surface area (Å²) in [4.78, 5) is 23.3. The summed E-state index contributed by atoms with van der Waals surface area (Å²) in [5.41, 5.74) is 1.81. The number of benzene rings is 1. The third-order valence-electron chi connectivity index (χ3n) is 3.03. The second kappa shape index (κ2) is 8.50. The lowest BCUT2D eigenvalue weighted by atomic mass is 10.1. The van der Waals surface area contributed by atoms with E-state index in [0.29, 0.717) is 5.02 Å². The van der Waals surface area contributed by atoms with Crippen LogP contribution in [0.15, 0.2) is 47.2 Å². The van der Waals surface area contributed by atoms with Crippen molar-refractivity contribution in [2.75, 3.05) is 6.61 Å². The monoisotopic (exact) mass is 349 g/mol. The maximum Gasteiger partial charge on any atom is 0.331 e. The Balaban J connectivity index is 1.77. The predicted octanol–water partition coefficient (Wildman–Crippen LogP) is 3.84. The fraction of sp³-hybridized carbons (Fsp3) is 0.176. The van der Waals surface area contributed by atoms with Gasteiger partial charge in [0.2, 0.25) is 0 Å². The fourth-order valence-corrected chi connectivity index (χ4v) is 2.69. The van der Waals surface area contributed by atoms with Gasteiger partial charge >= 0.3 is 5.97 Å². The first-order valence-electron chi connectivity index (χ1n) is 6.96. The predicted molar refractivity (Wildman–Crippen MR) is 92.3 cm³/mol. The minimum Gasteiger partial charge on any atom is -0.452 e.